The van der Waals surface area contributed by atoms with Crippen LogP contribution in [0.25, 0.3) is 10.8 Å². The quantitative estimate of drug-likeness (QED) is 0.540. The number of nitrogens with zero attached hydrogens (tertiary/aromatic N) is 2. The largest absolute Gasteiger partial charge is 0.349 e. The molecule has 1 aliphatic heterocycles. The van der Waals surface area contributed by atoms with Gasteiger partial charge in [0.2, 0.25) is 5.91 Å². The van der Waals surface area contributed by atoms with Crippen molar-refractivity contribution in [1.82, 2.24) is 10.2 Å². The van der Waals surface area contributed by atoms with E-state index in [-0.39, 0.29) is 29.1 Å². The number of rotatable bonds is 5. The summed E-state index contributed by atoms with van der Waals surface area (Å²) < 4.78 is 14.1. The summed E-state index contributed by atoms with van der Waals surface area (Å²) in [6, 6.07) is 18.9. The Kier molecular flexibility index (Phi) is 6.72. The maximum Gasteiger partial charge on any atom is 0.224 e. The van der Waals surface area contributed by atoms with Crippen LogP contribution < -0.4 is 5.32 Å². The van der Waals surface area contributed by atoms with Gasteiger partial charge >= 0.3 is 0 Å². The average Bonchev–Trinajstić information content (AvgIpc) is 2.85. The molecule has 1 fully saturated rings. The minimum Gasteiger partial charge on any atom is -0.349 e. The van der Waals surface area contributed by atoms with Crippen LogP contribution in [0.3, 0.4) is 0 Å². The van der Waals surface area contributed by atoms with Crippen LogP contribution in [0.2, 0.25) is 0 Å². The Bertz CT molecular complexity index is 1250. The molecule has 4 rings (SSSR count). The minimum atomic E-state index is -0.356. The SMILES string of the molecule is Cc1cc(C2(C(C)C(=O)NC(C)c3cc(C#N)cc4ccccc34)CCN(C)CC2)ccc1F. The number of fused-ring (bicyclic) bond motifs is 1. The van der Waals surface area contributed by atoms with Crippen LogP contribution in [-0.2, 0) is 10.2 Å². The fourth-order valence-corrected chi connectivity index (χ4v) is 5.37. The Hall–Kier alpha value is -3.23. The molecule has 1 N–H and O–H groups in total. The molecular weight excluding hydrogens is 425 g/mol. The summed E-state index contributed by atoms with van der Waals surface area (Å²) >= 11 is 0. The monoisotopic (exact) mass is 457 g/mol. The zero-order valence-electron chi connectivity index (χ0n) is 20.4. The number of piperidine rings is 1. The zero-order valence-corrected chi connectivity index (χ0v) is 20.4. The van der Waals surface area contributed by atoms with Gasteiger partial charge in [-0.05, 0) is 92.5 Å². The van der Waals surface area contributed by atoms with Gasteiger partial charge in [0.1, 0.15) is 5.82 Å². The first-order chi connectivity index (χ1) is 16.2. The third kappa shape index (κ3) is 4.43. The number of likely N-dealkylation sites (tertiary alicyclic amines) is 1. The highest BCUT2D eigenvalue weighted by Crippen LogP contribution is 2.43. The number of amides is 1. The molecule has 0 radical (unpaired) electrons. The topological polar surface area (TPSA) is 56.1 Å². The molecule has 0 saturated carbocycles. The summed E-state index contributed by atoms with van der Waals surface area (Å²) in [6.45, 7) is 7.52. The van der Waals surface area contributed by atoms with Gasteiger partial charge in [0, 0.05) is 11.3 Å². The fourth-order valence-electron chi connectivity index (χ4n) is 5.37. The van der Waals surface area contributed by atoms with Crippen molar-refractivity contribution in [2.45, 2.75) is 45.1 Å². The van der Waals surface area contributed by atoms with Crippen LogP contribution in [0.15, 0.2) is 54.6 Å². The molecule has 1 aliphatic rings. The number of hydrogen-bond acceptors (Lipinski definition) is 3. The lowest BCUT2D eigenvalue weighted by Crippen LogP contribution is -2.50. The summed E-state index contributed by atoms with van der Waals surface area (Å²) in [4.78, 5) is 15.9. The molecule has 1 amide bonds. The van der Waals surface area contributed by atoms with E-state index in [9.17, 15) is 14.4 Å². The van der Waals surface area contributed by atoms with E-state index in [4.69, 9.17) is 0 Å². The van der Waals surface area contributed by atoms with Crippen LogP contribution in [0.1, 0.15) is 55.0 Å². The van der Waals surface area contributed by atoms with Gasteiger partial charge in [-0.3, -0.25) is 4.79 Å². The van der Waals surface area contributed by atoms with Crippen molar-refractivity contribution in [1.29, 1.82) is 5.26 Å². The average molecular weight is 458 g/mol. The molecule has 34 heavy (non-hydrogen) atoms. The summed E-state index contributed by atoms with van der Waals surface area (Å²) in [5.41, 5.74) is 2.80. The normalized spacial score (nSPS) is 17.6. The van der Waals surface area contributed by atoms with E-state index in [0.29, 0.717) is 11.1 Å². The van der Waals surface area contributed by atoms with Gasteiger partial charge in [-0.2, -0.15) is 5.26 Å². The molecule has 5 heteroatoms. The number of carbonyl (C=O) groups excluding carboxylic acids is 1. The lowest BCUT2D eigenvalue weighted by molar-refractivity contribution is -0.128. The minimum absolute atomic E-state index is 0.0227. The van der Waals surface area contributed by atoms with Crippen LogP contribution in [0.5, 0.6) is 0 Å². The summed E-state index contributed by atoms with van der Waals surface area (Å²) in [7, 11) is 2.10. The maximum absolute atomic E-state index is 14.1. The second-order valence-corrected chi connectivity index (χ2v) is 9.77. The van der Waals surface area contributed by atoms with Crippen molar-refractivity contribution in [3.8, 4) is 6.07 Å². The molecule has 3 aromatic carbocycles. The van der Waals surface area contributed by atoms with E-state index >= 15 is 0 Å². The third-order valence-corrected chi connectivity index (χ3v) is 7.68. The second-order valence-electron chi connectivity index (χ2n) is 9.77. The molecule has 2 unspecified atom stereocenters. The van der Waals surface area contributed by atoms with E-state index in [2.05, 4.69) is 23.3 Å². The van der Waals surface area contributed by atoms with Gasteiger partial charge in [-0.15, -0.1) is 0 Å². The molecule has 4 nitrogen and oxygen atoms in total. The second kappa shape index (κ2) is 9.56. The Morgan fingerprint density at radius 2 is 1.82 bits per heavy atom. The molecular formula is C29H32FN3O. The first-order valence-corrected chi connectivity index (χ1v) is 11.9. The van der Waals surface area contributed by atoms with Crippen LogP contribution in [-0.4, -0.2) is 30.9 Å². The molecule has 0 spiro atoms. The highest BCUT2D eigenvalue weighted by molar-refractivity contribution is 5.88. The predicted molar refractivity (Wildman–Crippen MR) is 134 cm³/mol. The van der Waals surface area contributed by atoms with Crippen molar-refractivity contribution in [3.63, 3.8) is 0 Å². The number of benzene rings is 3. The zero-order chi connectivity index (χ0) is 24.5. The Balaban J connectivity index is 1.66. The lowest BCUT2D eigenvalue weighted by Gasteiger charge is -2.45. The highest BCUT2D eigenvalue weighted by Gasteiger charge is 2.44. The van der Waals surface area contributed by atoms with E-state index in [0.717, 1.165) is 47.8 Å². The van der Waals surface area contributed by atoms with Crippen LogP contribution in [0, 0.1) is 30.0 Å². The number of carbonyl (C=O) groups is 1. The van der Waals surface area contributed by atoms with Crippen molar-refractivity contribution < 1.29 is 9.18 Å². The van der Waals surface area contributed by atoms with Gasteiger partial charge in [-0.1, -0.05) is 43.3 Å². The molecule has 0 bridgehead atoms. The Morgan fingerprint density at radius 3 is 2.50 bits per heavy atom. The first kappa shape index (κ1) is 23.9. The van der Waals surface area contributed by atoms with Crippen LogP contribution >= 0.6 is 0 Å². The van der Waals surface area contributed by atoms with E-state index in [1.54, 1.807) is 6.92 Å². The van der Waals surface area contributed by atoms with Gasteiger partial charge in [0.05, 0.1) is 17.7 Å². The molecule has 1 saturated heterocycles. The lowest BCUT2D eigenvalue weighted by atomic mass is 9.64. The first-order valence-electron chi connectivity index (χ1n) is 11.9. The van der Waals surface area contributed by atoms with Crippen molar-refractivity contribution in [2.24, 2.45) is 5.92 Å². The highest BCUT2D eigenvalue weighted by atomic mass is 19.1. The van der Waals surface area contributed by atoms with E-state index < -0.39 is 0 Å². The Morgan fingerprint density at radius 1 is 1.12 bits per heavy atom. The molecule has 3 aromatic rings. The number of halogens is 1. The van der Waals surface area contributed by atoms with Crippen molar-refractivity contribution in [3.05, 3.63) is 82.7 Å². The molecule has 0 aromatic heterocycles. The standard InChI is InChI=1S/C29H32FN3O/c1-19-15-24(9-10-27(19)30)29(11-13-33(4)14-12-29)20(2)28(34)32-21(3)26-17-22(18-31)16-23-7-5-6-8-25(23)26/h5-10,15-17,20-21H,11-14H2,1-4H3,(H,32,34). The molecule has 0 aliphatic carbocycles. The molecule has 1 heterocycles. The van der Waals surface area contributed by atoms with Gasteiger partial charge in [-0.25, -0.2) is 4.39 Å². The summed E-state index contributed by atoms with van der Waals surface area (Å²) in [6.07, 6.45) is 1.68. The number of nitriles is 1. The molecule has 176 valence electrons. The Labute approximate surface area is 201 Å². The fraction of sp³-hybridized carbons (Fsp3) is 0.379. The van der Waals surface area contributed by atoms with Gasteiger partial charge in [0.25, 0.3) is 0 Å². The molecule has 2 atom stereocenters. The van der Waals surface area contributed by atoms with Crippen LogP contribution in [0.4, 0.5) is 4.39 Å². The van der Waals surface area contributed by atoms with Crippen molar-refractivity contribution in [2.75, 3.05) is 20.1 Å². The van der Waals surface area contributed by atoms with Gasteiger partial charge < -0.3 is 10.2 Å². The number of aryl methyl sites for hydroxylation is 1. The third-order valence-electron chi connectivity index (χ3n) is 7.68. The predicted octanol–water partition coefficient (Wildman–Crippen LogP) is 5.64. The van der Waals surface area contributed by atoms with Gasteiger partial charge in [0.15, 0.2) is 0 Å². The number of hydrogen-bond donors (Lipinski definition) is 1. The summed E-state index contributed by atoms with van der Waals surface area (Å²) in [5.74, 6) is -0.536. The smallest absolute Gasteiger partial charge is 0.224 e. The number of nitrogens with one attached hydrogen (secondary N) is 1. The summed E-state index contributed by atoms with van der Waals surface area (Å²) in [5, 5.41) is 14.7. The van der Waals surface area contributed by atoms with E-state index in [1.807, 2.05) is 62.4 Å². The van der Waals surface area contributed by atoms with Crippen molar-refractivity contribution >= 4 is 16.7 Å². The maximum atomic E-state index is 14.1. The van der Waals surface area contributed by atoms with E-state index in [1.165, 1.54) is 6.07 Å².